The summed E-state index contributed by atoms with van der Waals surface area (Å²) in [6, 6.07) is 17.6. The van der Waals surface area contributed by atoms with Gasteiger partial charge in [0.15, 0.2) is 0 Å². The number of amides is 1. The second-order valence-electron chi connectivity index (χ2n) is 7.46. The average Bonchev–Trinajstić information content (AvgIpc) is 3.16. The smallest absolute Gasteiger partial charge is 0.228 e. The molecule has 1 aromatic heterocycles. The standard InChI is InChI=1S/C23H24ClN3O2/c24-20-11-5-10-19(16-20)22-25-21(29-26-22)13-15-27(23(28)18-8-4-9-18)14-12-17-6-2-1-3-7-17/h1-3,5-7,10-11,16,18H,4,8-9,12-15H2. The van der Waals surface area contributed by atoms with E-state index in [1.54, 1.807) is 0 Å². The molecule has 29 heavy (non-hydrogen) atoms. The van der Waals surface area contributed by atoms with Crippen LogP contribution in [-0.2, 0) is 17.6 Å². The van der Waals surface area contributed by atoms with Crippen molar-refractivity contribution < 1.29 is 9.32 Å². The third-order valence-electron chi connectivity index (χ3n) is 5.43. The van der Waals surface area contributed by atoms with E-state index in [1.807, 2.05) is 47.4 Å². The summed E-state index contributed by atoms with van der Waals surface area (Å²) in [5.41, 5.74) is 2.05. The number of carbonyl (C=O) groups excluding carboxylic acids is 1. The van der Waals surface area contributed by atoms with Crippen LogP contribution in [0.15, 0.2) is 59.1 Å². The van der Waals surface area contributed by atoms with E-state index in [4.69, 9.17) is 16.1 Å². The third kappa shape index (κ3) is 5.04. The van der Waals surface area contributed by atoms with Gasteiger partial charge in [-0.3, -0.25) is 4.79 Å². The second-order valence-corrected chi connectivity index (χ2v) is 7.90. The minimum atomic E-state index is 0.176. The van der Waals surface area contributed by atoms with E-state index in [0.717, 1.165) is 31.2 Å². The highest BCUT2D eigenvalue weighted by Crippen LogP contribution is 2.28. The van der Waals surface area contributed by atoms with Crippen molar-refractivity contribution in [3.05, 3.63) is 71.1 Å². The molecule has 150 valence electrons. The molecule has 0 saturated heterocycles. The fourth-order valence-corrected chi connectivity index (χ4v) is 3.68. The minimum absolute atomic E-state index is 0.176. The lowest BCUT2D eigenvalue weighted by molar-refractivity contribution is -0.138. The highest BCUT2D eigenvalue weighted by atomic mass is 35.5. The van der Waals surface area contributed by atoms with E-state index in [9.17, 15) is 4.79 Å². The minimum Gasteiger partial charge on any atom is -0.342 e. The van der Waals surface area contributed by atoms with Gasteiger partial charge in [-0.15, -0.1) is 0 Å². The molecule has 0 bridgehead atoms. The van der Waals surface area contributed by atoms with Gasteiger partial charge in [-0.2, -0.15) is 4.98 Å². The fraction of sp³-hybridized carbons (Fsp3) is 0.348. The number of nitrogens with zero attached hydrogens (tertiary/aromatic N) is 3. The molecule has 3 aromatic rings. The lowest BCUT2D eigenvalue weighted by Crippen LogP contribution is -2.41. The molecule has 1 amide bonds. The lowest BCUT2D eigenvalue weighted by Gasteiger charge is -2.31. The third-order valence-corrected chi connectivity index (χ3v) is 5.66. The zero-order chi connectivity index (χ0) is 20.1. The number of aromatic nitrogens is 2. The molecule has 0 radical (unpaired) electrons. The topological polar surface area (TPSA) is 59.2 Å². The van der Waals surface area contributed by atoms with E-state index in [1.165, 1.54) is 5.56 Å². The lowest BCUT2D eigenvalue weighted by atomic mass is 9.84. The van der Waals surface area contributed by atoms with Crippen LogP contribution in [0, 0.1) is 5.92 Å². The van der Waals surface area contributed by atoms with Crippen LogP contribution in [0.4, 0.5) is 0 Å². The van der Waals surface area contributed by atoms with E-state index >= 15 is 0 Å². The first-order valence-corrected chi connectivity index (χ1v) is 10.5. The first kappa shape index (κ1) is 19.6. The first-order chi connectivity index (χ1) is 14.2. The largest absolute Gasteiger partial charge is 0.342 e. The Kier molecular flexibility index (Phi) is 6.25. The van der Waals surface area contributed by atoms with Crippen LogP contribution < -0.4 is 0 Å². The molecule has 0 aliphatic heterocycles. The molecular weight excluding hydrogens is 386 g/mol. The number of hydrogen-bond acceptors (Lipinski definition) is 4. The zero-order valence-electron chi connectivity index (χ0n) is 16.3. The molecule has 0 unspecified atom stereocenters. The van der Waals surface area contributed by atoms with Crippen molar-refractivity contribution in [2.24, 2.45) is 5.92 Å². The quantitative estimate of drug-likeness (QED) is 0.536. The molecule has 6 heteroatoms. The Morgan fingerprint density at radius 2 is 1.86 bits per heavy atom. The fourth-order valence-electron chi connectivity index (χ4n) is 3.49. The SMILES string of the molecule is O=C(C1CCC1)N(CCc1ccccc1)CCc1nc(-c2cccc(Cl)c2)no1. The van der Waals surface area contributed by atoms with Gasteiger partial charge in [0.25, 0.3) is 0 Å². The molecular formula is C23H24ClN3O2. The van der Waals surface area contributed by atoms with Crippen LogP contribution in [0.25, 0.3) is 11.4 Å². The zero-order valence-corrected chi connectivity index (χ0v) is 17.0. The van der Waals surface area contributed by atoms with Gasteiger partial charge in [0, 0.05) is 36.0 Å². The summed E-state index contributed by atoms with van der Waals surface area (Å²) >= 11 is 6.04. The first-order valence-electron chi connectivity index (χ1n) is 10.1. The summed E-state index contributed by atoms with van der Waals surface area (Å²) in [5.74, 6) is 1.48. The number of halogens is 1. The normalized spacial score (nSPS) is 13.8. The maximum atomic E-state index is 12.9. The summed E-state index contributed by atoms with van der Waals surface area (Å²) < 4.78 is 5.41. The van der Waals surface area contributed by atoms with Crippen LogP contribution in [0.3, 0.4) is 0 Å². The molecule has 0 spiro atoms. The highest BCUT2D eigenvalue weighted by Gasteiger charge is 2.29. The van der Waals surface area contributed by atoms with Crippen molar-refractivity contribution >= 4 is 17.5 Å². The van der Waals surface area contributed by atoms with Gasteiger partial charge >= 0.3 is 0 Å². The number of hydrogen-bond donors (Lipinski definition) is 0. The molecule has 1 fully saturated rings. The van der Waals surface area contributed by atoms with Crippen LogP contribution in [-0.4, -0.2) is 34.0 Å². The molecule has 2 aromatic carbocycles. The summed E-state index contributed by atoms with van der Waals surface area (Å²) in [4.78, 5) is 19.3. The van der Waals surface area contributed by atoms with Crippen molar-refractivity contribution in [1.82, 2.24) is 15.0 Å². The Labute approximate surface area is 175 Å². The molecule has 1 saturated carbocycles. The van der Waals surface area contributed by atoms with E-state index in [0.29, 0.717) is 36.2 Å². The van der Waals surface area contributed by atoms with Crippen LogP contribution in [0.1, 0.15) is 30.7 Å². The van der Waals surface area contributed by atoms with Crippen molar-refractivity contribution in [3.8, 4) is 11.4 Å². The molecule has 1 aliphatic rings. The van der Waals surface area contributed by atoms with Crippen LogP contribution >= 0.6 is 11.6 Å². The van der Waals surface area contributed by atoms with E-state index in [2.05, 4.69) is 22.3 Å². The summed E-state index contributed by atoms with van der Waals surface area (Å²) in [5, 5.41) is 4.69. The van der Waals surface area contributed by atoms with Crippen molar-refractivity contribution in [1.29, 1.82) is 0 Å². The van der Waals surface area contributed by atoms with Gasteiger partial charge < -0.3 is 9.42 Å². The van der Waals surface area contributed by atoms with Crippen LogP contribution in [0.2, 0.25) is 5.02 Å². The van der Waals surface area contributed by atoms with Gasteiger partial charge in [-0.1, -0.05) is 65.6 Å². The molecule has 5 nitrogen and oxygen atoms in total. The van der Waals surface area contributed by atoms with Gasteiger partial charge in [0.2, 0.25) is 17.6 Å². The molecule has 4 rings (SSSR count). The Morgan fingerprint density at radius 3 is 2.59 bits per heavy atom. The Bertz CT molecular complexity index is 954. The average molecular weight is 410 g/mol. The van der Waals surface area contributed by atoms with Crippen molar-refractivity contribution in [3.63, 3.8) is 0 Å². The Hall–Kier alpha value is -2.66. The number of rotatable bonds is 8. The maximum absolute atomic E-state index is 12.9. The predicted octanol–water partition coefficient (Wildman–Crippen LogP) is 4.80. The maximum Gasteiger partial charge on any atom is 0.228 e. The predicted molar refractivity (Wildman–Crippen MR) is 113 cm³/mol. The molecule has 1 heterocycles. The van der Waals surface area contributed by atoms with Gasteiger partial charge in [-0.05, 0) is 37.0 Å². The van der Waals surface area contributed by atoms with E-state index < -0.39 is 0 Å². The molecule has 0 atom stereocenters. The van der Waals surface area contributed by atoms with Crippen molar-refractivity contribution in [2.45, 2.75) is 32.1 Å². The van der Waals surface area contributed by atoms with Gasteiger partial charge in [0.05, 0.1) is 0 Å². The Balaban J connectivity index is 1.40. The highest BCUT2D eigenvalue weighted by molar-refractivity contribution is 6.30. The van der Waals surface area contributed by atoms with Crippen LogP contribution in [0.5, 0.6) is 0 Å². The monoisotopic (exact) mass is 409 g/mol. The summed E-state index contributed by atoms with van der Waals surface area (Å²) in [7, 11) is 0. The molecule has 0 N–H and O–H groups in total. The number of benzene rings is 2. The van der Waals surface area contributed by atoms with Crippen molar-refractivity contribution in [2.75, 3.05) is 13.1 Å². The summed E-state index contributed by atoms with van der Waals surface area (Å²) in [6.45, 7) is 1.29. The molecule has 1 aliphatic carbocycles. The summed E-state index contributed by atoms with van der Waals surface area (Å²) in [6.07, 6.45) is 4.54. The van der Waals surface area contributed by atoms with E-state index in [-0.39, 0.29) is 11.8 Å². The van der Waals surface area contributed by atoms with Gasteiger partial charge in [0.1, 0.15) is 0 Å². The van der Waals surface area contributed by atoms with Gasteiger partial charge in [-0.25, -0.2) is 0 Å². The Morgan fingerprint density at radius 1 is 1.07 bits per heavy atom. The number of carbonyl (C=O) groups is 1. The second kappa shape index (κ2) is 9.23.